The van der Waals surface area contributed by atoms with Crippen molar-refractivity contribution in [2.45, 2.75) is 46.3 Å². The third-order valence-corrected chi connectivity index (χ3v) is 4.23. The smallest absolute Gasteiger partial charge is 0.227 e. The minimum absolute atomic E-state index is 0.0508. The Morgan fingerprint density at radius 2 is 2.00 bits per heavy atom. The van der Waals surface area contributed by atoms with E-state index in [1.165, 1.54) is 0 Å². The molecule has 0 bridgehead atoms. The van der Waals surface area contributed by atoms with Gasteiger partial charge in [-0.25, -0.2) is 0 Å². The number of aliphatic imine (C=N–C) groups is 1. The monoisotopic (exact) mass is 285 g/mol. The number of thioether (sulfide) groups is 1. The molecule has 1 heterocycles. The maximum absolute atomic E-state index is 11.7. The van der Waals surface area contributed by atoms with Gasteiger partial charge in [-0.2, -0.15) is 0 Å². The Morgan fingerprint density at radius 1 is 1.37 bits per heavy atom. The van der Waals surface area contributed by atoms with E-state index in [4.69, 9.17) is 0 Å². The molecule has 4 nitrogen and oxygen atoms in total. The van der Waals surface area contributed by atoms with Gasteiger partial charge in [0.05, 0.1) is 12.0 Å². The molecule has 0 aromatic carbocycles. The predicted molar refractivity (Wildman–Crippen MR) is 83.6 cm³/mol. The Balaban J connectivity index is 2.39. The number of nitrogens with zero attached hydrogens (tertiary/aromatic N) is 1. The molecule has 0 spiro atoms. The molecule has 2 N–H and O–H groups in total. The van der Waals surface area contributed by atoms with Crippen molar-refractivity contribution in [3.05, 3.63) is 0 Å². The van der Waals surface area contributed by atoms with Crippen LogP contribution in [0.5, 0.6) is 0 Å². The molecule has 0 fully saturated rings. The molecule has 0 saturated carbocycles. The van der Waals surface area contributed by atoms with Crippen LogP contribution < -0.4 is 10.6 Å². The van der Waals surface area contributed by atoms with Crippen molar-refractivity contribution < 1.29 is 4.79 Å². The van der Waals surface area contributed by atoms with Gasteiger partial charge in [0, 0.05) is 18.8 Å². The quantitative estimate of drug-likeness (QED) is 0.833. The number of carbonyl (C=O) groups is 1. The first-order chi connectivity index (χ1) is 8.64. The topological polar surface area (TPSA) is 53.5 Å². The van der Waals surface area contributed by atoms with Gasteiger partial charge in [-0.15, -0.1) is 0 Å². The van der Waals surface area contributed by atoms with Crippen molar-refractivity contribution >= 4 is 22.8 Å². The van der Waals surface area contributed by atoms with Crippen LogP contribution >= 0.6 is 11.8 Å². The summed E-state index contributed by atoms with van der Waals surface area (Å²) in [6.07, 6.45) is 1.16. The van der Waals surface area contributed by atoms with Gasteiger partial charge < -0.3 is 10.6 Å². The standard InChI is InChI=1S/C14H27N3OS/c1-13(2,3)7-10-8-16-12(19-10)17-9-14(4,5)11(18)15-6/h10H,7-9H2,1-6H3,(H,15,18)(H,16,17). The number of nitrogens with one attached hydrogen (secondary N) is 2. The molecule has 5 heteroatoms. The van der Waals surface area contributed by atoms with E-state index in [9.17, 15) is 4.79 Å². The Kier molecular flexibility index (Phi) is 5.30. The van der Waals surface area contributed by atoms with E-state index >= 15 is 0 Å². The lowest BCUT2D eigenvalue weighted by atomic mass is 9.90. The lowest BCUT2D eigenvalue weighted by Crippen LogP contribution is -2.43. The summed E-state index contributed by atoms with van der Waals surface area (Å²) in [5, 5.41) is 7.54. The summed E-state index contributed by atoms with van der Waals surface area (Å²) in [6.45, 7) is 12.1. The van der Waals surface area contributed by atoms with Crippen LogP contribution in [0.4, 0.5) is 0 Å². The average Bonchev–Trinajstić information content (AvgIpc) is 2.70. The van der Waals surface area contributed by atoms with Crippen LogP contribution in [0.1, 0.15) is 41.0 Å². The molecule has 1 unspecified atom stereocenters. The van der Waals surface area contributed by atoms with Crippen LogP contribution in [0, 0.1) is 10.8 Å². The Morgan fingerprint density at radius 3 is 2.53 bits per heavy atom. The zero-order valence-corrected chi connectivity index (χ0v) is 13.8. The third kappa shape index (κ3) is 5.43. The van der Waals surface area contributed by atoms with Crippen molar-refractivity contribution in [1.82, 2.24) is 10.6 Å². The van der Waals surface area contributed by atoms with E-state index in [0.29, 0.717) is 17.2 Å². The second kappa shape index (κ2) is 6.16. The molecule has 1 aliphatic heterocycles. The first-order valence-electron chi connectivity index (χ1n) is 6.81. The summed E-state index contributed by atoms with van der Waals surface area (Å²) in [7, 11) is 1.67. The maximum atomic E-state index is 11.7. The average molecular weight is 285 g/mol. The van der Waals surface area contributed by atoms with Crippen LogP contribution in [0.2, 0.25) is 0 Å². The number of amides is 1. The minimum atomic E-state index is -0.417. The Labute approximate surface area is 121 Å². The fourth-order valence-corrected chi connectivity index (χ4v) is 3.37. The third-order valence-electron chi connectivity index (χ3n) is 3.08. The normalized spacial score (nSPS) is 20.1. The number of carbonyl (C=O) groups excluding carboxylic acids is 1. The number of hydrogen-bond donors (Lipinski definition) is 2. The highest BCUT2D eigenvalue weighted by atomic mass is 32.2. The lowest BCUT2D eigenvalue weighted by Gasteiger charge is -2.24. The second-order valence-corrected chi connectivity index (χ2v) is 8.26. The fraction of sp³-hybridized carbons (Fsp3) is 0.857. The number of rotatable bonds is 4. The molecule has 0 aliphatic carbocycles. The van der Waals surface area contributed by atoms with Crippen LogP contribution in [-0.4, -0.2) is 36.5 Å². The Bertz CT molecular complexity index is 358. The molecule has 0 radical (unpaired) electrons. The van der Waals surface area contributed by atoms with Crippen molar-refractivity contribution in [3.8, 4) is 0 Å². The van der Waals surface area contributed by atoms with Crippen LogP contribution in [-0.2, 0) is 4.79 Å². The van der Waals surface area contributed by atoms with Crippen LogP contribution in [0.25, 0.3) is 0 Å². The zero-order chi connectivity index (χ0) is 14.7. The van der Waals surface area contributed by atoms with E-state index < -0.39 is 5.41 Å². The van der Waals surface area contributed by atoms with Crippen molar-refractivity contribution in [1.29, 1.82) is 0 Å². The molecule has 0 aromatic heterocycles. The van der Waals surface area contributed by atoms with Crippen molar-refractivity contribution in [2.75, 3.05) is 20.1 Å². The van der Waals surface area contributed by atoms with Gasteiger partial charge >= 0.3 is 0 Å². The molecule has 0 aromatic rings. The summed E-state index contributed by atoms with van der Waals surface area (Å²) in [6, 6.07) is 0. The van der Waals surface area contributed by atoms with Gasteiger partial charge in [0.25, 0.3) is 0 Å². The molecule has 1 amide bonds. The number of hydrogen-bond acceptors (Lipinski definition) is 4. The molecule has 1 atom stereocenters. The highest BCUT2D eigenvalue weighted by Crippen LogP contribution is 2.31. The SMILES string of the molecule is CNC(=O)C(C)(C)CNC1=NCC(CC(C)(C)C)S1. The molecular weight excluding hydrogens is 258 g/mol. The molecular formula is C14H27N3OS. The molecule has 0 saturated heterocycles. The van der Waals surface area contributed by atoms with Gasteiger partial charge in [-0.05, 0) is 25.7 Å². The minimum Gasteiger partial charge on any atom is -0.364 e. The first kappa shape index (κ1) is 16.3. The van der Waals surface area contributed by atoms with E-state index in [-0.39, 0.29) is 5.91 Å². The van der Waals surface area contributed by atoms with Gasteiger partial charge in [0.15, 0.2) is 5.17 Å². The van der Waals surface area contributed by atoms with Crippen molar-refractivity contribution in [3.63, 3.8) is 0 Å². The van der Waals surface area contributed by atoms with E-state index in [2.05, 4.69) is 36.4 Å². The molecule has 110 valence electrons. The molecule has 19 heavy (non-hydrogen) atoms. The van der Waals surface area contributed by atoms with Crippen molar-refractivity contribution in [2.24, 2.45) is 15.8 Å². The van der Waals surface area contributed by atoms with Gasteiger partial charge in [0.1, 0.15) is 0 Å². The lowest BCUT2D eigenvalue weighted by molar-refractivity contribution is -0.128. The predicted octanol–water partition coefficient (Wildman–Crippen LogP) is 2.26. The summed E-state index contributed by atoms with van der Waals surface area (Å²) >= 11 is 1.80. The Hall–Kier alpha value is -0.710. The summed E-state index contributed by atoms with van der Waals surface area (Å²) in [5.74, 6) is 0.0508. The van der Waals surface area contributed by atoms with Gasteiger partial charge in [-0.3, -0.25) is 9.79 Å². The molecule has 1 aliphatic rings. The molecule has 1 rings (SSSR count). The van der Waals surface area contributed by atoms with Crippen LogP contribution in [0.15, 0.2) is 4.99 Å². The fourth-order valence-electron chi connectivity index (χ4n) is 2.02. The van der Waals surface area contributed by atoms with E-state index in [1.807, 2.05) is 13.8 Å². The highest BCUT2D eigenvalue weighted by Gasteiger charge is 2.29. The first-order valence-corrected chi connectivity index (χ1v) is 7.69. The summed E-state index contributed by atoms with van der Waals surface area (Å²) in [4.78, 5) is 16.2. The van der Waals surface area contributed by atoms with E-state index in [0.717, 1.165) is 18.1 Å². The summed E-state index contributed by atoms with van der Waals surface area (Å²) < 4.78 is 0. The largest absolute Gasteiger partial charge is 0.364 e. The number of amidine groups is 1. The van der Waals surface area contributed by atoms with Gasteiger partial charge in [-0.1, -0.05) is 32.5 Å². The van der Waals surface area contributed by atoms with Gasteiger partial charge in [0.2, 0.25) is 5.91 Å². The summed E-state index contributed by atoms with van der Waals surface area (Å²) in [5.41, 5.74) is -0.0794. The maximum Gasteiger partial charge on any atom is 0.227 e. The van der Waals surface area contributed by atoms with E-state index in [1.54, 1.807) is 18.8 Å². The zero-order valence-electron chi connectivity index (χ0n) is 13.0. The highest BCUT2D eigenvalue weighted by molar-refractivity contribution is 8.14. The van der Waals surface area contributed by atoms with Crippen LogP contribution in [0.3, 0.4) is 0 Å². The second-order valence-electron chi connectivity index (χ2n) is 6.97.